The van der Waals surface area contributed by atoms with E-state index in [1.54, 1.807) is 26.2 Å². The summed E-state index contributed by atoms with van der Waals surface area (Å²) in [6.07, 6.45) is 0. The molecule has 25 heavy (non-hydrogen) atoms. The molecule has 0 amide bonds. The van der Waals surface area contributed by atoms with Crippen molar-refractivity contribution in [3.05, 3.63) is 59.8 Å². The van der Waals surface area contributed by atoms with Crippen molar-refractivity contribution in [2.45, 2.75) is 13.8 Å². The van der Waals surface area contributed by atoms with Gasteiger partial charge in [-0.05, 0) is 62.4 Å². The largest absolute Gasteiger partial charge is 0.497 e. The maximum absolute atomic E-state index is 11.7. The van der Waals surface area contributed by atoms with Gasteiger partial charge < -0.3 is 14.8 Å². The number of rotatable bonds is 5. The Morgan fingerprint density at radius 2 is 1.88 bits per heavy atom. The van der Waals surface area contributed by atoms with Gasteiger partial charge in [-0.3, -0.25) is 4.98 Å². The molecule has 3 aromatic rings. The van der Waals surface area contributed by atoms with E-state index < -0.39 is 0 Å². The first-order valence-corrected chi connectivity index (χ1v) is 8.10. The minimum atomic E-state index is -0.316. The fraction of sp³-hybridized carbons (Fsp3) is 0.200. The van der Waals surface area contributed by atoms with Crippen molar-refractivity contribution in [3.8, 4) is 5.75 Å². The summed E-state index contributed by atoms with van der Waals surface area (Å²) >= 11 is 0. The van der Waals surface area contributed by atoms with Gasteiger partial charge in [-0.1, -0.05) is 0 Å². The van der Waals surface area contributed by atoms with E-state index in [9.17, 15) is 4.79 Å². The van der Waals surface area contributed by atoms with Crippen LogP contribution in [-0.4, -0.2) is 24.7 Å². The van der Waals surface area contributed by atoms with E-state index >= 15 is 0 Å². The van der Waals surface area contributed by atoms with E-state index in [-0.39, 0.29) is 5.97 Å². The molecular weight excluding hydrogens is 316 g/mol. The van der Waals surface area contributed by atoms with Crippen LogP contribution in [0.2, 0.25) is 0 Å². The molecule has 1 aromatic heterocycles. The summed E-state index contributed by atoms with van der Waals surface area (Å²) in [4.78, 5) is 16.3. The Morgan fingerprint density at radius 1 is 1.12 bits per heavy atom. The number of aryl methyl sites for hydroxylation is 1. The highest BCUT2D eigenvalue weighted by Gasteiger charge is 2.08. The minimum absolute atomic E-state index is 0.316. The summed E-state index contributed by atoms with van der Waals surface area (Å²) in [6, 6.07) is 15.0. The average molecular weight is 336 g/mol. The number of esters is 1. The number of nitrogens with one attached hydrogen (secondary N) is 1. The van der Waals surface area contributed by atoms with Gasteiger partial charge in [-0.25, -0.2) is 4.79 Å². The Balaban J connectivity index is 1.93. The number of fused-ring (bicyclic) bond motifs is 1. The molecule has 128 valence electrons. The number of hydrogen-bond acceptors (Lipinski definition) is 5. The Morgan fingerprint density at radius 3 is 2.56 bits per heavy atom. The Kier molecular flexibility index (Phi) is 4.84. The third-order valence-electron chi connectivity index (χ3n) is 3.82. The maximum atomic E-state index is 11.7. The molecule has 1 N–H and O–H groups in total. The van der Waals surface area contributed by atoms with Gasteiger partial charge in [0, 0.05) is 22.5 Å². The van der Waals surface area contributed by atoms with Gasteiger partial charge in [-0.2, -0.15) is 0 Å². The lowest BCUT2D eigenvalue weighted by Gasteiger charge is -2.12. The van der Waals surface area contributed by atoms with Crippen molar-refractivity contribution < 1.29 is 14.3 Å². The van der Waals surface area contributed by atoms with E-state index in [0.717, 1.165) is 33.7 Å². The normalized spacial score (nSPS) is 10.5. The van der Waals surface area contributed by atoms with Gasteiger partial charge in [0.1, 0.15) is 5.75 Å². The van der Waals surface area contributed by atoms with Crippen molar-refractivity contribution in [3.63, 3.8) is 0 Å². The van der Waals surface area contributed by atoms with Crippen LogP contribution < -0.4 is 10.1 Å². The summed E-state index contributed by atoms with van der Waals surface area (Å²) in [7, 11) is 1.64. The zero-order chi connectivity index (χ0) is 17.8. The summed E-state index contributed by atoms with van der Waals surface area (Å²) in [5.41, 5.74) is 4.16. The molecule has 0 aliphatic carbocycles. The highest BCUT2D eigenvalue weighted by Crippen LogP contribution is 2.29. The van der Waals surface area contributed by atoms with Gasteiger partial charge in [0.05, 0.1) is 24.8 Å². The number of pyridine rings is 1. The predicted molar refractivity (Wildman–Crippen MR) is 98.7 cm³/mol. The molecule has 5 nitrogen and oxygen atoms in total. The van der Waals surface area contributed by atoms with Gasteiger partial charge in [0.25, 0.3) is 0 Å². The first-order chi connectivity index (χ1) is 12.1. The van der Waals surface area contributed by atoms with Crippen molar-refractivity contribution in [1.82, 2.24) is 4.98 Å². The van der Waals surface area contributed by atoms with E-state index in [2.05, 4.69) is 10.3 Å². The van der Waals surface area contributed by atoms with Crippen LogP contribution in [0, 0.1) is 6.92 Å². The first-order valence-electron chi connectivity index (χ1n) is 8.10. The number of benzene rings is 2. The Hall–Kier alpha value is -3.08. The molecule has 3 rings (SSSR count). The molecule has 0 bridgehead atoms. The van der Waals surface area contributed by atoms with Gasteiger partial charge in [0.15, 0.2) is 0 Å². The molecule has 0 radical (unpaired) electrons. The quantitative estimate of drug-likeness (QED) is 0.697. The fourth-order valence-corrected chi connectivity index (χ4v) is 2.63. The highest BCUT2D eigenvalue weighted by molar-refractivity contribution is 5.94. The number of ether oxygens (including phenoxy) is 2. The van der Waals surface area contributed by atoms with Crippen molar-refractivity contribution in [2.75, 3.05) is 19.0 Å². The SMILES string of the molecule is CCOC(=O)c1ccc(Nc2cc(C)nc3ccc(OC)cc23)cc1. The monoisotopic (exact) mass is 336 g/mol. The van der Waals surface area contributed by atoms with Crippen LogP contribution in [-0.2, 0) is 4.74 Å². The molecule has 0 spiro atoms. The lowest BCUT2D eigenvalue weighted by atomic mass is 10.1. The smallest absolute Gasteiger partial charge is 0.338 e. The van der Waals surface area contributed by atoms with Crippen molar-refractivity contribution in [1.29, 1.82) is 0 Å². The first kappa shape index (κ1) is 16.8. The molecule has 0 saturated heterocycles. The summed E-state index contributed by atoms with van der Waals surface area (Å²) in [6.45, 7) is 4.11. The molecule has 5 heteroatoms. The van der Waals surface area contributed by atoms with Gasteiger partial charge in [0.2, 0.25) is 0 Å². The molecule has 0 fully saturated rings. The van der Waals surface area contributed by atoms with Gasteiger partial charge >= 0.3 is 5.97 Å². The van der Waals surface area contributed by atoms with E-state index in [4.69, 9.17) is 9.47 Å². The number of methoxy groups -OCH3 is 1. The summed E-state index contributed by atoms with van der Waals surface area (Å²) in [5.74, 6) is 0.461. The van der Waals surface area contributed by atoms with Crippen LogP contribution in [0.4, 0.5) is 11.4 Å². The number of hydrogen-bond donors (Lipinski definition) is 1. The standard InChI is InChI=1S/C20H20N2O3/c1-4-25-20(23)14-5-7-15(8-6-14)22-19-11-13(2)21-18-10-9-16(24-3)12-17(18)19/h5-12H,4H2,1-3H3,(H,21,22). The van der Waals surface area contributed by atoms with E-state index in [0.29, 0.717) is 12.2 Å². The van der Waals surface area contributed by atoms with Crippen molar-refractivity contribution >= 4 is 28.2 Å². The number of anilines is 2. The molecule has 0 atom stereocenters. The molecular formula is C20H20N2O3. The number of carbonyl (C=O) groups excluding carboxylic acids is 1. The van der Waals surface area contributed by atoms with E-state index in [1.807, 2.05) is 43.3 Å². The summed E-state index contributed by atoms with van der Waals surface area (Å²) in [5, 5.41) is 4.36. The van der Waals surface area contributed by atoms with Crippen LogP contribution >= 0.6 is 0 Å². The third-order valence-corrected chi connectivity index (χ3v) is 3.82. The third kappa shape index (κ3) is 3.71. The van der Waals surface area contributed by atoms with Crippen molar-refractivity contribution in [2.24, 2.45) is 0 Å². The average Bonchev–Trinajstić information content (AvgIpc) is 2.62. The number of nitrogens with zero attached hydrogens (tertiary/aromatic N) is 1. The van der Waals surface area contributed by atoms with Gasteiger partial charge in [-0.15, -0.1) is 0 Å². The molecule has 2 aromatic carbocycles. The topological polar surface area (TPSA) is 60.5 Å². The van der Waals surface area contributed by atoms with Crippen LogP contribution in [0.1, 0.15) is 23.0 Å². The van der Waals surface area contributed by atoms with E-state index in [1.165, 1.54) is 0 Å². The van der Waals surface area contributed by atoms with Crippen LogP contribution in [0.5, 0.6) is 5.75 Å². The molecule has 0 aliphatic rings. The molecule has 0 unspecified atom stereocenters. The zero-order valence-electron chi connectivity index (χ0n) is 14.5. The number of carbonyl (C=O) groups is 1. The Labute approximate surface area is 146 Å². The fourth-order valence-electron chi connectivity index (χ4n) is 2.63. The second-order valence-corrected chi connectivity index (χ2v) is 5.62. The minimum Gasteiger partial charge on any atom is -0.497 e. The molecule has 0 saturated carbocycles. The van der Waals surface area contributed by atoms with Crippen LogP contribution in [0.3, 0.4) is 0 Å². The Bertz CT molecular complexity index is 905. The van der Waals surface area contributed by atoms with Crippen LogP contribution in [0.15, 0.2) is 48.5 Å². The molecule has 1 heterocycles. The second kappa shape index (κ2) is 7.21. The molecule has 0 aliphatic heterocycles. The second-order valence-electron chi connectivity index (χ2n) is 5.62. The highest BCUT2D eigenvalue weighted by atomic mass is 16.5. The lowest BCUT2D eigenvalue weighted by Crippen LogP contribution is -2.04. The summed E-state index contributed by atoms with van der Waals surface area (Å²) < 4.78 is 10.3. The number of aromatic nitrogens is 1. The zero-order valence-corrected chi connectivity index (χ0v) is 14.5. The van der Waals surface area contributed by atoms with Crippen LogP contribution in [0.25, 0.3) is 10.9 Å². The lowest BCUT2D eigenvalue weighted by molar-refractivity contribution is 0.0526. The predicted octanol–water partition coefficient (Wildman–Crippen LogP) is 4.47. The maximum Gasteiger partial charge on any atom is 0.338 e.